The Kier molecular flexibility index (Phi) is 3.40. The van der Waals surface area contributed by atoms with Crippen molar-refractivity contribution in [3.8, 4) is 34.1 Å². The molecule has 0 saturated carbocycles. The Morgan fingerprint density at radius 1 is 0.957 bits per heavy atom. The van der Waals surface area contributed by atoms with E-state index in [0.717, 1.165) is 22.4 Å². The van der Waals surface area contributed by atoms with Crippen LogP contribution >= 0.6 is 11.6 Å². The average molecular weight is 323 g/mol. The average Bonchev–Trinajstić information content (AvgIpc) is 3.27. The standard InChI is InChI=1S/C17H11ClN4O/c18-14-7-2-1-6-13(14)17-20-16(22-23-17)12-5-3-4-11(10-12)15-8-9-19-21-15/h1-10H,(H,19,21). The number of nitrogens with zero attached hydrogens (tertiary/aromatic N) is 3. The van der Waals surface area contributed by atoms with E-state index in [1.165, 1.54) is 0 Å². The van der Waals surface area contributed by atoms with Crippen molar-refractivity contribution in [3.05, 3.63) is 65.8 Å². The van der Waals surface area contributed by atoms with E-state index in [2.05, 4.69) is 20.3 Å². The second-order valence-corrected chi connectivity index (χ2v) is 5.36. The van der Waals surface area contributed by atoms with Crippen LogP contribution in [0.4, 0.5) is 0 Å². The van der Waals surface area contributed by atoms with E-state index >= 15 is 0 Å². The maximum Gasteiger partial charge on any atom is 0.259 e. The quantitative estimate of drug-likeness (QED) is 0.605. The Labute approximate surface area is 136 Å². The van der Waals surface area contributed by atoms with Gasteiger partial charge in [-0.05, 0) is 24.3 Å². The molecule has 0 aliphatic heterocycles. The van der Waals surface area contributed by atoms with Gasteiger partial charge in [0, 0.05) is 17.3 Å². The Morgan fingerprint density at radius 3 is 2.65 bits per heavy atom. The molecule has 5 nitrogen and oxygen atoms in total. The summed E-state index contributed by atoms with van der Waals surface area (Å²) >= 11 is 6.17. The fourth-order valence-electron chi connectivity index (χ4n) is 2.33. The van der Waals surface area contributed by atoms with E-state index in [1.807, 2.05) is 48.5 Å². The summed E-state index contributed by atoms with van der Waals surface area (Å²) in [7, 11) is 0. The largest absolute Gasteiger partial charge is 0.334 e. The van der Waals surface area contributed by atoms with Crippen molar-refractivity contribution in [2.24, 2.45) is 0 Å². The lowest BCUT2D eigenvalue weighted by molar-refractivity contribution is 0.432. The maximum atomic E-state index is 6.17. The minimum Gasteiger partial charge on any atom is -0.334 e. The molecule has 2 aromatic carbocycles. The molecular weight excluding hydrogens is 312 g/mol. The lowest BCUT2D eigenvalue weighted by atomic mass is 10.1. The van der Waals surface area contributed by atoms with E-state index in [4.69, 9.17) is 16.1 Å². The summed E-state index contributed by atoms with van der Waals surface area (Å²) in [6.45, 7) is 0. The van der Waals surface area contributed by atoms with Crippen LogP contribution in [-0.2, 0) is 0 Å². The summed E-state index contributed by atoms with van der Waals surface area (Å²) in [5, 5.41) is 11.5. The third kappa shape index (κ3) is 2.62. The van der Waals surface area contributed by atoms with Crippen LogP contribution < -0.4 is 0 Å². The molecule has 4 aromatic rings. The highest BCUT2D eigenvalue weighted by Gasteiger charge is 2.13. The smallest absolute Gasteiger partial charge is 0.259 e. The number of rotatable bonds is 3. The SMILES string of the molecule is Clc1ccccc1-c1nc(-c2cccc(-c3ccn[nH]3)c2)no1. The molecule has 0 bridgehead atoms. The normalized spacial score (nSPS) is 10.8. The van der Waals surface area contributed by atoms with Crippen molar-refractivity contribution in [2.75, 3.05) is 0 Å². The van der Waals surface area contributed by atoms with Gasteiger partial charge in [0.05, 0.1) is 16.3 Å². The van der Waals surface area contributed by atoms with E-state index in [-0.39, 0.29) is 0 Å². The number of nitrogens with one attached hydrogen (secondary N) is 1. The van der Waals surface area contributed by atoms with Crippen LogP contribution in [0.3, 0.4) is 0 Å². The first-order chi connectivity index (χ1) is 11.3. The van der Waals surface area contributed by atoms with Crippen LogP contribution in [0.2, 0.25) is 5.02 Å². The van der Waals surface area contributed by atoms with Crippen molar-refractivity contribution in [2.45, 2.75) is 0 Å². The van der Waals surface area contributed by atoms with Gasteiger partial charge in [0.1, 0.15) is 0 Å². The molecule has 0 unspecified atom stereocenters. The van der Waals surface area contributed by atoms with Gasteiger partial charge >= 0.3 is 0 Å². The van der Waals surface area contributed by atoms with Gasteiger partial charge in [-0.15, -0.1) is 0 Å². The number of hydrogen-bond donors (Lipinski definition) is 1. The van der Waals surface area contributed by atoms with Crippen LogP contribution in [0, 0.1) is 0 Å². The van der Waals surface area contributed by atoms with E-state index in [1.54, 1.807) is 12.3 Å². The second kappa shape index (κ2) is 5.70. The van der Waals surface area contributed by atoms with Gasteiger partial charge in [-0.3, -0.25) is 5.10 Å². The summed E-state index contributed by atoms with van der Waals surface area (Å²) in [5.74, 6) is 0.916. The second-order valence-electron chi connectivity index (χ2n) is 4.95. The highest BCUT2D eigenvalue weighted by molar-refractivity contribution is 6.33. The van der Waals surface area contributed by atoms with Crippen LogP contribution in [0.5, 0.6) is 0 Å². The topological polar surface area (TPSA) is 67.6 Å². The molecule has 23 heavy (non-hydrogen) atoms. The zero-order valence-corrected chi connectivity index (χ0v) is 12.7. The van der Waals surface area contributed by atoms with E-state index < -0.39 is 0 Å². The molecule has 0 amide bonds. The molecular formula is C17H11ClN4O. The Balaban J connectivity index is 1.73. The zero-order valence-electron chi connectivity index (χ0n) is 11.9. The minimum absolute atomic E-state index is 0.401. The predicted octanol–water partition coefficient (Wildman–Crippen LogP) is 4.45. The van der Waals surface area contributed by atoms with Crippen LogP contribution in [-0.4, -0.2) is 20.3 Å². The first kappa shape index (κ1) is 13.7. The predicted molar refractivity (Wildman–Crippen MR) is 87.8 cm³/mol. The molecule has 0 spiro atoms. The minimum atomic E-state index is 0.401. The highest BCUT2D eigenvalue weighted by Crippen LogP contribution is 2.29. The molecule has 4 rings (SSSR count). The van der Waals surface area contributed by atoms with Crippen LogP contribution in [0.15, 0.2) is 65.3 Å². The summed E-state index contributed by atoms with van der Waals surface area (Å²) in [4.78, 5) is 4.45. The van der Waals surface area contributed by atoms with E-state index in [9.17, 15) is 0 Å². The lowest BCUT2D eigenvalue weighted by Crippen LogP contribution is -1.84. The zero-order chi connectivity index (χ0) is 15.6. The molecule has 1 N–H and O–H groups in total. The summed E-state index contributed by atoms with van der Waals surface area (Å²) in [6.07, 6.45) is 1.71. The highest BCUT2D eigenvalue weighted by atomic mass is 35.5. The van der Waals surface area contributed by atoms with Crippen molar-refractivity contribution in [1.82, 2.24) is 20.3 Å². The molecule has 2 heterocycles. The Hall–Kier alpha value is -2.92. The molecule has 0 aliphatic rings. The third-order valence-corrected chi connectivity index (χ3v) is 3.79. The van der Waals surface area contributed by atoms with E-state index in [0.29, 0.717) is 16.7 Å². The number of aromatic nitrogens is 4. The number of hydrogen-bond acceptors (Lipinski definition) is 4. The Morgan fingerprint density at radius 2 is 1.83 bits per heavy atom. The van der Waals surface area contributed by atoms with Gasteiger partial charge in [-0.25, -0.2) is 0 Å². The maximum absolute atomic E-state index is 6.17. The molecule has 2 aromatic heterocycles. The van der Waals surface area contributed by atoms with Gasteiger partial charge in [-0.2, -0.15) is 10.1 Å². The van der Waals surface area contributed by atoms with Gasteiger partial charge in [0.2, 0.25) is 5.82 Å². The van der Waals surface area contributed by atoms with Crippen LogP contribution in [0.1, 0.15) is 0 Å². The molecule has 0 aliphatic carbocycles. The number of aromatic amines is 1. The Bertz CT molecular complexity index is 947. The van der Waals surface area contributed by atoms with Crippen molar-refractivity contribution in [3.63, 3.8) is 0 Å². The van der Waals surface area contributed by atoms with Crippen LogP contribution in [0.25, 0.3) is 34.1 Å². The number of halogens is 1. The number of benzene rings is 2. The lowest BCUT2D eigenvalue weighted by Gasteiger charge is -1.99. The van der Waals surface area contributed by atoms with Gasteiger partial charge in [0.25, 0.3) is 5.89 Å². The molecule has 0 saturated heterocycles. The van der Waals surface area contributed by atoms with Gasteiger partial charge in [-0.1, -0.05) is 47.1 Å². The molecule has 0 atom stereocenters. The van der Waals surface area contributed by atoms with Gasteiger partial charge < -0.3 is 4.52 Å². The fourth-order valence-corrected chi connectivity index (χ4v) is 2.54. The van der Waals surface area contributed by atoms with Gasteiger partial charge in [0.15, 0.2) is 0 Å². The molecule has 6 heteroatoms. The summed E-state index contributed by atoms with van der Waals surface area (Å²) < 4.78 is 5.35. The van der Waals surface area contributed by atoms with Crippen molar-refractivity contribution in [1.29, 1.82) is 0 Å². The first-order valence-corrected chi connectivity index (χ1v) is 7.38. The fraction of sp³-hybridized carbons (Fsp3) is 0. The monoisotopic (exact) mass is 322 g/mol. The molecule has 112 valence electrons. The summed E-state index contributed by atoms with van der Waals surface area (Å²) in [6, 6.07) is 17.1. The third-order valence-electron chi connectivity index (χ3n) is 3.46. The first-order valence-electron chi connectivity index (χ1n) is 7.00. The van der Waals surface area contributed by atoms with Crippen molar-refractivity contribution < 1.29 is 4.52 Å². The molecule has 0 radical (unpaired) electrons. The van der Waals surface area contributed by atoms with Crippen molar-refractivity contribution >= 4 is 11.6 Å². The molecule has 0 fully saturated rings. The number of H-pyrrole nitrogens is 1. The summed E-state index contributed by atoms with van der Waals surface area (Å²) in [5.41, 5.74) is 3.52.